The largest absolute Gasteiger partial charge is 0.374 e. The van der Waals surface area contributed by atoms with Gasteiger partial charge in [0.05, 0.1) is 29.3 Å². The van der Waals surface area contributed by atoms with Gasteiger partial charge in [-0.15, -0.1) is 0 Å². The van der Waals surface area contributed by atoms with Gasteiger partial charge in [-0.05, 0) is 36.8 Å². The van der Waals surface area contributed by atoms with E-state index in [1.165, 1.54) is 4.90 Å². The van der Waals surface area contributed by atoms with Crippen LogP contribution in [0.4, 0.5) is 0 Å². The highest BCUT2D eigenvalue weighted by Gasteiger charge is 2.22. The molecule has 1 aliphatic rings. The number of halogens is 2. The summed E-state index contributed by atoms with van der Waals surface area (Å²) in [6.45, 7) is 5.56. The summed E-state index contributed by atoms with van der Waals surface area (Å²) in [6, 6.07) is 14.6. The first kappa shape index (κ1) is 23.5. The average Bonchev–Trinajstić information content (AvgIpc) is 2.79. The zero-order valence-corrected chi connectivity index (χ0v) is 19.0. The number of rotatable bonds is 8. The smallest absolute Gasteiger partial charge is 0.254 e. The number of nitrogens with one attached hydrogen (secondary N) is 1. The number of ether oxygens (including phenoxy) is 1. The molecule has 2 aromatic carbocycles. The van der Waals surface area contributed by atoms with Crippen molar-refractivity contribution in [1.82, 2.24) is 15.1 Å². The fourth-order valence-corrected chi connectivity index (χ4v) is 3.81. The van der Waals surface area contributed by atoms with E-state index in [9.17, 15) is 9.59 Å². The maximum Gasteiger partial charge on any atom is 0.254 e. The Labute approximate surface area is 193 Å². The molecule has 1 saturated heterocycles. The summed E-state index contributed by atoms with van der Waals surface area (Å²) >= 11 is 12.1. The number of likely N-dealkylation sites (N-methyl/N-ethyl adjacent to an activating group) is 1. The predicted octanol–water partition coefficient (Wildman–Crippen LogP) is 3.47. The standard InChI is InChI=1S/C23H27Cl2N3O3/c1-2-28(23(30)18-6-4-3-5-7-18)16-22(29)26-13-19-15-27(10-11-31-19)14-17-8-9-20(24)21(25)12-17/h3-9,12,19H,2,10-11,13-16H2,1H3,(H,26,29). The van der Waals surface area contributed by atoms with E-state index in [-0.39, 0.29) is 24.5 Å². The van der Waals surface area contributed by atoms with Crippen LogP contribution in [0.5, 0.6) is 0 Å². The van der Waals surface area contributed by atoms with Crippen molar-refractivity contribution in [2.45, 2.75) is 19.6 Å². The molecule has 3 rings (SSSR count). The van der Waals surface area contributed by atoms with Gasteiger partial charge in [0, 0.05) is 38.3 Å². The van der Waals surface area contributed by atoms with Crippen molar-refractivity contribution < 1.29 is 14.3 Å². The number of nitrogens with zero attached hydrogens (tertiary/aromatic N) is 2. The van der Waals surface area contributed by atoms with Gasteiger partial charge in [-0.3, -0.25) is 14.5 Å². The second kappa shape index (κ2) is 11.5. The number of carbonyl (C=O) groups is 2. The molecule has 166 valence electrons. The first-order valence-electron chi connectivity index (χ1n) is 10.3. The molecule has 0 aliphatic carbocycles. The Morgan fingerprint density at radius 2 is 1.94 bits per heavy atom. The Balaban J connectivity index is 1.46. The molecule has 0 bridgehead atoms. The summed E-state index contributed by atoms with van der Waals surface area (Å²) < 4.78 is 5.80. The molecular weight excluding hydrogens is 437 g/mol. The normalized spacial score (nSPS) is 16.7. The van der Waals surface area contributed by atoms with Crippen molar-refractivity contribution in [3.05, 3.63) is 69.7 Å². The van der Waals surface area contributed by atoms with Crippen LogP contribution in [0.1, 0.15) is 22.8 Å². The van der Waals surface area contributed by atoms with E-state index in [2.05, 4.69) is 10.2 Å². The highest BCUT2D eigenvalue weighted by molar-refractivity contribution is 6.42. The molecule has 0 aromatic heterocycles. The van der Waals surface area contributed by atoms with Gasteiger partial charge in [-0.1, -0.05) is 47.5 Å². The molecule has 6 nitrogen and oxygen atoms in total. The molecule has 0 saturated carbocycles. The minimum absolute atomic E-state index is 0.0178. The van der Waals surface area contributed by atoms with E-state index in [4.69, 9.17) is 27.9 Å². The molecule has 0 spiro atoms. The van der Waals surface area contributed by atoms with Gasteiger partial charge in [0.25, 0.3) is 5.91 Å². The van der Waals surface area contributed by atoms with Gasteiger partial charge in [0.15, 0.2) is 0 Å². The van der Waals surface area contributed by atoms with Gasteiger partial charge >= 0.3 is 0 Å². The van der Waals surface area contributed by atoms with Crippen molar-refractivity contribution >= 4 is 35.0 Å². The summed E-state index contributed by atoms with van der Waals surface area (Å²) in [7, 11) is 0. The number of hydrogen-bond acceptors (Lipinski definition) is 4. The van der Waals surface area contributed by atoms with Crippen LogP contribution in [-0.4, -0.2) is 67.0 Å². The van der Waals surface area contributed by atoms with Crippen molar-refractivity contribution in [3.63, 3.8) is 0 Å². The second-order valence-corrected chi connectivity index (χ2v) is 8.28. The van der Waals surface area contributed by atoms with E-state index >= 15 is 0 Å². The molecule has 31 heavy (non-hydrogen) atoms. The molecule has 2 amide bonds. The van der Waals surface area contributed by atoms with Crippen LogP contribution in [0, 0.1) is 0 Å². The van der Waals surface area contributed by atoms with Gasteiger partial charge in [0.2, 0.25) is 5.91 Å². The molecule has 1 aliphatic heterocycles. The van der Waals surface area contributed by atoms with Crippen LogP contribution in [-0.2, 0) is 16.1 Å². The lowest BCUT2D eigenvalue weighted by Gasteiger charge is -2.33. The average molecular weight is 464 g/mol. The van der Waals surface area contributed by atoms with Gasteiger partial charge in [-0.25, -0.2) is 0 Å². The fraction of sp³-hybridized carbons (Fsp3) is 0.391. The Morgan fingerprint density at radius 3 is 2.65 bits per heavy atom. The minimum atomic E-state index is -0.198. The molecule has 2 aromatic rings. The fourth-order valence-electron chi connectivity index (χ4n) is 3.49. The predicted molar refractivity (Wildman–Crippen MR) is 123 cm³/mol. The summed E-state index contributed by atoms with van der Waals surface area (Å²) in [5.41, 5.74) is 1.66. The monoisotopic (exact) mass is 463 g/mol. The summed E-state index contributed by atoms with van der Waals surface area (Å²) in [5, 5.41) is 3.99. The van der Waals surface area contributed by atoms with Crippen molar-refractivity contribution in [2.75, 3.05) is 39.3 Å². The third-order valence-electron chi connectivity index (χ3n) is 5.16. The Hall–Kier alpha value is -2.12. The maximum atomic E-state index is 12.6. The number of amides is 2. The summed E-state index contributed by atoms with van der Waals surface area (Å²) in [4.78, 5) is 28.8. The quantitative estimate of drug-likeness (QED) is 0.650. The molecule has 0 radical (unpaired) electrons. The molecule has 8 heteroatoms. The number of morpholine rings is 1. The van der Waals surface area contributed by atoms with E-state index in [0.29, 0.717) is 41.8 Å². The SMILES string of the molecule is CCN(CC(=O)NCC1CN(Cc2ccc(Cl)c(Cl)c2)CCO1)C(=O)c1ccccc1. The Kier molecular flexibility index (Phi) is 8.72. The zero-order chi connectivity index (χ0) is 22.2. The van der Waals surface area contributed by atoms with Crippen LogP contribution in [0.3, 0.4) is 0 Å². The molecule has 1 fully saturated rings. The van der Waals surface area contributed by atoms with Gasteiger partial charge < -0.3 is 15.0 Å². The Bertz CT molecular complexity index is 895. The van der Waals surface area contributed by atoms with E-state index in [0.717, 1.165) is 18.7 Å². The first-order valence-corrected chi connectivity index (χ1v) is 11.1. The van der Waals surface area contributed by atoms with E-state index < -0.39 is 0 Å². The van der Waals surface area contributed by atoms with Crippen LogP contribution < -0.4 is 5.32 Å². The molecule has 1 heterocycles. The van der Waals surface area contributed by atoms with Gasteiger partial charge in [0.1, 0.15) is 0 Å². The molecule has 1 unspecified atom stereocenters. The van der Waals surface area contributed by atoms with E-state index in [1.807, 2.05) is 37.3 Å². The first-order chi connectivity index (χ1) is 15.0. The lowest BCUT2D eigenvalue weighted by molar-refractivity contribution is -0.123. The van der Waals surface area contributed by atoms with Crippen molar-refractivity contribution in [2.24, 2.45) is 0 Å². The van der Waals surface area contributed by atoms with E-state index in [1.54, 1.807) is 18.2 Å². The number of benzene rings is 2. The Morgan fingerprint density at radius 1 is 1.16 bits per heavy atom. The van der Waals surface area contributed by atoms with Crippen LogP contribution in [0.25, 0.3) is 0 Å². The maximum absolute atomic E-state index is 12.6. The zero-order valence-electron chi connectivity index (χ0n) is 17.5. The van der Waals surface area contributed by atoms with Gasteiger partial charge in [-0.2, -0.15) is 0 Å². The highest BCUT2D eigenvalue weighted by atomic mass is 35.5. The molecule has 1 N–H and O–H groups in total. The summed E-state index contributed by atoms with van der Waals surface area (Å²) in [5.74, 6) is -0.351. The minimum Gasteiger partial charge on any atom is -0.374 e. The lowest BCUT2D eigenvalue weighted by atomic mass is 10.2. The van der Waals surface area contributed by atoms with Crippen LogP contribution in [0.2, 0.25) is 10.0 Å². The second-order valence-electron chi connectivity index (χ2n) is 7.47. The van der Waals surface area contributed by atoms with Crippen molar-refractivity contribution in [3.8, 4) is 0 Å². The lowest BCUT2D eigenvalue weighted by Crippen LogP contribution is -2.49. The topological polar surface area (TPSA) is 61.9 Å². The summed E-state index contributed by atoms with van der Waals surface area (Å²) in [6.07, 6.45) is -0.111. The third-order valence-corrected chi connectivity index (χ3v) is 5.90. The molecule has 1 atom stereocenters. The number of hydrogen-bond donors (Lipinski definition) is 1. The van der Waals surface area contributed by atoms with Crippen LogP contribution in [0.15, 0.2) is 48.5 Å². The highest BCUT2D eigenvalue weighted by Crippen LogP contribution is 2.23. The molecular formula is C23H27Cl2N3O3. The number of carbonyl (C=O) groups excluding carboxylic acids is 2. The third kappa shape index (κ3) is 6.94. The van der Waals surface area contributed by atoms with Crippen LogP contribution >= 0.6 is 23.2 Å². The van der Waals surface area contributed by atoms with Crippen molar-refractivity contribution in [1.29, 1.82) is 0 Å².